The van der Waals surface area contributed by atoms with Crippen LogP contribution in [0, 0.1) is 13.8 Å². The van der Waals surface area contributed by atoms with Gasteiger partial charge >= 0.3 is 0 Å². The summed E-state index contributed by atoms with van der Waals surface area (Å²) in [6.45, 7) is 13.8. The lowest BCUT2D eigenvalue weighted by molar-refractivity contribution is 0.668. The van der Waals surface area contributed by atoms with Crippen molar-refractivity contribution in [1.29, 1.82) is 0 Å². The number of unbranched alkanes of at least 4 members (excludes halogenated alkanes) is 12. The van der Waals surface area contributed by atoms with E-state index < -0.39 is 0 Å². The van der Waals surface area contributed by atoms with Crippen LogP contribution >= 0.6 is 79.4 Å². The minimum absolute atomic E-state index is 1.03. The molecule has 1 aliphatic carbocycles. The first kappa shape index (κ1) is 57.1. The van der Waals surface area contributed by atoms with E-state index in [2.05, 4.69) is 163 Å². The van der Waals surface area contributed by atoms with E-state index in [0.717, 1.165) is 19.3 Å². The molecule has 0 saturated heterocycles. The molecule has 406 valence electrons. The molecule has 0 bridgehead atoms. The molecule has 7 aromatic heterocycles. The molecule has 78 heavy (non-hydrogen) atoms. The number of hydrogen-bond donors (Lipinski definition) is 0. The number of rotatable bonds is 29. The zero-order valence-electron chi connectivity index (χ0n) is 47.3. The lowest BCUT2D eigenvalue weighted by atomic mass is 10.0. The molecule has 9 aromatic rings. The Balaban J connectivity index is 0.917. The molecule has 0 spiro atoms. The minimum Gasteiger partial charge on any atom is -0.139 e. The minimum atomic E-state index is 1.03. The van der Waals surface area contributed by atoms with Gasteiger partial charge in [0.15, 0.2) is 0 Å². The molecule has 0 aliphatic heterocycles. The standard InChI is InChI=1S/C71H80S7/c1-7-11-15-20-28-51-43-55(50-26-24-19-25-27-50)45-58(51)59-32-33-60(73-59)61-35-38-65(75-61)70-53(30-22-17-13-9-3)46-67(77-70)56-40-48(5)41-57(44-56)68-47-54(31-23-18-14-10-4)71(78-68)66-39-36-63(76-66)62-34-37-64(74-62)69-52(42-49(6)72-69)29-21-16-12-8-2/h19,24-27,32-44,46-47H,7-18,20-23,28-31,45H2,1-6H3. The lowest BCUT2D eigenvalue weighted by Gasteiger charge is -2.06. The van der Waals surface area contributed by atoms with Crippen LogP contribution in [-0.4, -0.2) is 0 Å². The predicted molar refractivity (Wildman–Crippen MR) is 357 cm³/mol. The van der Waals surface area contributed by atoms with Gasteiger partial charge in [0, 0.05) is 68.3 Å². The fourth-order valence-corrected chi connectivity index (χ4v) is 19.5. The monoisotopic (exact) mass is 1160 g/mol. The van der Waals surface area contributed by atoms with Gasteiger partial charge < -0.3 is 0 Å². The van der Waals surface area contributed by atoms with Gasteiger partial charge in [-0.25, -0.2) is 0 Å². The highest BCUT2D eigenvalue weighted by Gasteiger charge is 2.23. The summed E-state index contributed by atoms with van der Waals surface area (Å²) < 4.78 is 0. The van der Waals surface area contributed by atoms with Crippen LogP contribution in [0.5, 0.6) is 0 Å². The average molecular weight is 1160 g/mol. The van der Waals surface area contributed by atoms with E-state index in [1.807, 2.05) is 79.4 Å². The van der Waals surface area contributed by atoms with Crippen LogP contribution in [-0.2, 0) is 19.3 Å². The zero-order valence-corrected chi connectivity index (χ0v) is 53.0. The highest BCUT2D eigenvalue weighted by Crippen LogP contribution is 2.50. The van der Waals surface area contributed by atoms with Gasteiger partial charge in [0.05, 0.1) is 0 Å². The molecule has 0 N–H and O–H groups in total. The maximum absolute atomic E-state index is 2.56. The van der Waals surface area contributed by atoms with Crippen molar-refractivity contribution >= 4 is 90.5 Å². The van der Waals surface area contributed by atoms with Gasteiger partial charge in [-0.3, -0.25) is 0 Å². The van der Waals surface area contributed by atoms with E-state index in [1.165, 1.54) is 223 Å². The van der Waals surface area contributed by atoms with Crippen LogP contribution < -0.4 is 0 Å². The summed E-state index contributed by atoms with van der Waals surface area (Å²) in [7, 11) is 0. The number of thiophene rings is 7. The first-order chi connectivity index (χ1) is 38.3. The highest BCUT2D eigenvalue weighted by atomic mass is 32.1. The van der Waals surface area contributed by atoms with Crippen molar-refractivity contribution < 1.29 is 0 Å². The van der Waals surface area contributed by atoms with Gasteiger partial charge in [-0.15, -0.1) is 79.4 Å². The Kier molecular flexibility index (Phi) is 20.5. The lowest BCUT2D eigenvalue weighted by Crippen LogP contribution is -1.86. The highest BCUT2D eigenvalue weighted by molar-refractivity contribution is 7.29. The summed E-state index contributed by atoms with van der Waals surface area (Å²) in [4.78, 5) is 19.9. The normalized spacial score (nSPS) is 12.7. The quantitative estimate of drug-likeness (QED) is 0.0410. The molecule has 0 nitrogen and oxygen atoms in total. The topological polar surface area (TPSA) is 0 Å². The van der Waals surface area contributed by atoms with E-state index in [0.29, 0.717) is 0 Å². The van der Waals surface area contributed by atoms with Gasteiger partial charge in [-0.2, -0.15) is 0 Å². The van der Waals surface area contributed by atoms with E-state index in [1.54, 1.807) is 16.7 Å². The number of allylic oxidation sites excluding steroid dienone is 4. The van der Waals surface area contributed by atoms with Crippen LogP contribution in [0.3, 0.4) is 0 Å². The number of hydrogen-bond acceptors (Lipinski definition) is 7. The molecule has 0 atom stereocenters. The summed E-state index contributed by atoms with van der Waals surface area (Å²) >= 11 is 14.0. The Morgan fingerprint density at radius 1 is 0.333 bits per heavy atom. The maximum atomic E-state index is 2.56. The van der Waals surface area contributed by atoms with Crippen molar-refractivity contribution in [2.24, 2.45) is 0 Å². The molecule has 1 aliphatic rings. The largest absolute Gasteiger partial charge is 0.139 e. The van der Waals surface area contributed by atoms with Crippen LogP contribution in [0.4, 0.5) is 0 Å². The average Bonchev–Trinajstić information content (AvgIpc) is 4.38. The van der Waals surface area contributed by atoms with Crippen molar-refractivity contribution in [3.8, 4) is 69.7 Å². The smallest absolute Gasteiger partial charge is 0.0481 e. The zero-order chi connectivity index (χ0) is 53.8. The second kappa shape index (κ2) is 28.0. The summed E-state index contributed by atoms with van der Waals surface area (Å²) in [6.07, 6.45) is 28.8. The summed E-state index contributed by atoms with van der Waals surface area (Å²) in [5.41, 5.74) is 14.6. The van der Waals surface area contributed by atoms with E-state index in [9.17, 15) is 0 Å². The first-order valence-electron chi connectivity index (χ1n) is 29.7. The van der Waals surface area contributed by atoms with Crippen molar-refractivity contribution in [1.82, 2.24) is 0 Å². The maximum Gasteiger partial charge on any atom is 0.0481 e. The Morgan fingerprint density at radius 3 is 1.22 bits per heavy atom. The molecule has 0 unspecified atom stereocenters. The SMILES string of the molecule is CCCCCCC1=C(c2ccc(-c3ccc(-c4sc(-c5cc(C)cc(-c6cc(CCCCCC)c(-c7ccc(-c8ccc(-c9sc(C)cc9CCCCCC)s8)s7)s6)c5)cc4CCCCCC)s3)s2)CC(c2ccccc2)=C1. The van der Waals surface area contributed by atoms with Gasteiger partial charge in [0.25, 0.3) is 0 Å². The van der Waals surface area contributed by atoms with Crippen molar-refractivity contribution in [3.05, 3.63) is 164 Å². The Morgan fingerprint density at radius 2 is 0.744 bits per heavy atom. The number of aryl methyl sites for hydroxylation is 5. The molecule has 0 fully saturated rings. The predicted octanol–water partition coefficient (Wildman–Crippen LogP) is 26.0. The van der Waals surface area contributed by atoms with Crippen LogP contribution in [0.2, 0.25) is 0 Å². The summed E-state index contributed by atoms with van der Waals surface area (Å²) in [5.74, 6) is 0. The van der Waals surface area contributed by atoms with Gasteiger partial charge in [-0.05, 0) is 200 Å². The fraction of sp³-hybridized carbons (Fsp3) is 0.380. The second-order valence-electron chi connectivity index (χ2n) is 21.8. The molecule has 2 aromatic carbocycles. The van der Waals surface area contributed by atoms with Gasteiger partial charge in [0.1, 0.15) is 0 Å². The summed E-state index contributed by atoms with van der Waals surface area (Å²) in [6, 6.07) is 45.3. The Labute approximate surface area is 496 Å². The second-order valence-corrected chi connectivity index (χ2v) is 29.5. The van der Waals surface area contributed by atoms with Crippen molar-refractivity contribution in [2.45, 2.75) is 176 Å². The molecule has 0 radical (unpaired) electrons. The first-order valence-corrected chi connectivity index (χ1v) is 35.4. The van der Waals surface area contributed by atoms with Crippen molar-refractivity contribution in [2.75, 3.05) is 0 Å². The van der Waals surface area contributed by atoms with E-state index in [-0.39, 0.29) is 0 Å². The Bertz CT molecular complexity index is 3410. The fourth-order valence-electron chi connectivity index (χ4n) is 11.3. The summed E-state index contributed by atoms with van der Waals surface area (Å²) in [5, 5.41) is 0. The van der Waals surface area contributed by atoms with Gasteiger partial charge in [0.2, 0.25) is 0 Å². The van der Waals surface area contributed by atoms with E-state index >= 15 is 0 Å². The number of benzene rings is 2. The van der Waals surface area contributed by atoms with Crippen LogP contribution in [0.1, 0.15) is 181 Å². The molecule has 7 heteroatoms. The molecule has 7 heterocycles. The molecular weight excluding hydrogens is 1080 g/mol. The van der Waals surface area contributed by atoms with Crippen LogP contribution in [0.25, 0.3) is 80.8 Å². The van der Waals surface area contributed by atoms with Crippen molar-refractivity contribution in [3.63, 3.8) is 0 Å². The molecule has 0 amide bonds. The molecule has 10 rings (SSSR count). The third kappa shape index (κ3) is 14.1. The third-order valence-corrected chi connectivity index (χ3v) is 24.4. The van der Waals surface area contributed by atoms with Gasteiger partial charge in [-0.1, -0.05) is 153 Å². The molecule has 0 saturated carbocycles. The molecular formula is C71H80S7. The Hall–Kier alpha value is -4.18. The van der Waals surface area contributed by atoms with Crippen LogP contribution in [0.15, 0.2) is 127 Å². The third-order valence-electron chi connectivity index (χ3n) is 15.5. The van der Waals surface area contributed by atoms with E-state index in [4.69, 9.17) is 0 Å².